The van der Waals surface area contributed by atoms with Crippen LogP contribution in [-0.2, 0) is 14.3 Å². The number of methoxy groups -OCH3 is 2. The lowest BCUT2D eigenvalue weighted by atomic mass is 10.0. The number of guanidine groups is 1. The predicted octanol–water partition coefficient (Wildman–Crippen LogP) is 1.58. The van der Waals surface area contributed by atoms with Gasteiger partial charge in [0.25, 0.3) is 0 Å². The van der Waals surface area contributed by atoms with Crippen LogP contribution in [0.4, 0.5) is 0 Å². The Bertz CT molecular complexity index is 742. The second kappa shape index (κ2) is 11.8. The van der Waals surface area contributed by atoms with E-state index in [9.17, 15) is 4.79 Å². The van der Waals surface area contributed by atoms with Gasteiger partial charge in [0.2, 0.25) is 0 Å². The fraction of sp³-hybridized carbons (Fsp3) is 0.636. The Hall–Kier alpha value is -2.52. The molecule has 1 unspecified atom stereocenters. The Morgan fingerprint density at radius 2 is 1.84 bits per heavy atom. The normalized spacial score (nSPS) is 16.4. The number of nitrogens with zero attached hydrogens (tertiary/aromatic N) is 2. The molecule has 0 amide bonds. The molecule has 0 bridgehead atoms. The zero-order valence-electron chi connectivity index (χ0n) is 19.5. The van der Waals surface area contributed by atoms with E-state index >= 15 is 0 Å². The lowest BCUT2D eigenvalue weighted by molar-refractivity contribution is -0.153. The highest BCUT2D eigenvalue weighted by Gasteiger charge is 2.24. The van der Waals surface area contributed by atoms with Gasteiger partial charge in [0.1, 0.15) is 12.1 Å². The fourth-order valence-corrected chi connectivity index (χ4v) is 3.35. The second-order valence-corrected chi connectivity index (χ2v) is 8.17. The van der Waals surface area contributed by atoms with Crippen LogP contribution in [-0.4, -0.2) is 83.1 Å². The number of carbonyl (C=O) groups is 1. The zero-order chi connectivity index (χ0) is 22.9. The first-order valence-electron chi connectivity index (χ1n) is 10.5. The first-order valence-corrected chi connectivity index (χ1v) is 10.5. The molecule has 0 aromatic heterocycles. The molecule has 1 aliphatic heterocycles. The Morgan fingerprint density at radius 1 is 1.16 bits per heavy atom. The smallest absolute Gasteiger partial charge is 0.325 e. The number of carbonyl (C=O) groups excluding carboxylic acids is 1. The maximum absolute atomic E-state index is 12.0. The van der Waals surface area contributed by atoms with Crippen molar-refractivity contribution in [3.63, 3.8) is 0 Å². The second-order valence-electron chi connectivity index (χ2n) is 8.17. The van der Waals surface area contributed by atoms with Crippen LogP contribution in [0.5, 0.6) is 11.5 Å². The summed E-state index contributed by atoms with van der Waals surface area (Å²) in [6.07, 6.45) is 0. The average molecular weight is 437 g/mol. The minimum Gasteiger partial charge on any atom is -0.493 e. The summed E-state index contributed by atoms with van der Waals surface area (Å²) in [6.45, 7) is 9.18. The molecular weight excluding hydrogens is 400 g/mol. The van der Waals surface area contributed by atoms with E-state index in [1.807, 2.05) is 39.0 Å². The first kappa shape index (κ1) is 24.7. The SMILES string of the molecule is CN=C(NCC(=O)OC(C)(C)C)NCC(c1ccc(OC)c(OC)c1)N1CCOCC1. The van der Waals surface area contributed by atoms with Gasteiger partial charge in [-0.25, -0.2) is 0 Å². The van der Waals surface area contributed by atoms with Crippen LogP contribution in [0.25, 0.3) is 0 Å². The zero-order valence-corrected chi connectivity index (χ0v) is 19.5. The van der Waals surface area contributed by atoms with E-state index in [1.54, 1.807) is 21.3 Å². The van der Waals surface area contributed by atoms with Crippen LogP contribution < -0.4 is 20.1 Å². The summed E-state index contributed by atoms with van der Waals surface area (Å²) in [5, 5.41) is 6.34. The van der Waals surface area contributed by atoms with Crippen LogP contribution in [0.2, 0.25) is 0 Å². The highest BCUT2D eigenvalue weighted by atomic mass is 16.6. The van der Waals surface area contributed by atoms with Gasteiger partial charge in [0.15, 0.2) is 17.5 Å². The van der Waals surface area contributed by atoms with Crippen LogP contribution in [0.1, 0.15) is 32.4 Å². The number of rotatable bonds is 8. The van der Waals surface area contributed by atoms with E-state index in [4.69, 9.17) is 18.9 Å². The molecule has 1 fully saturated rings. The average Bonchev–Trinajstić information content (AvgIpc) is 2.75. The molecule has 1 heterocycles. The molecule has 1 saturated heterocycles. The molecule has 2 N–H and O–H groups in total. The van der Waals surface area contributed by atoms with Crippen LogP contribution in [0.15, 0.2) is 23.2 Å². The van der Waals surface area contributed by atoms with Gasteiger partial charge in [-0.3, -0.25) is 14.7 Å². The molecule has 1 atom stereocenters. The van der Waals surface area contributed by atoms with Crippen molar-refractivity contribution in [1.29, 1.82) is 0 Å². The van der Waals surface area contributed by atoms with E-state index in [2.05, 4.69) is 20.5 Å². The number of hydrogen-bond donors (Lipinski definition) is 2. The molecule has 1 aromatic rings. The van der Waals surface area contributed by atoms with Crippen molar-refractivity contribution in [3.05, 3.63) is 23.8 Å². The maximum Gasteiger partial charge on any atom is 0.325 e. The summed E-state index contributed by atoms with van der Waals surface area (Å²) in [5.41, 5.74) is 0.569. The molecule has 1 aromatic carbocycles. The summed E-state index contributed by atoms with van der Waals surface area (Å²) in [6, 6.07) is 6.01. The third-order valence-corrected chi connectivity index (χ3v) is 4.79. The molecule has 0 saturated carbocycles. The molecule has 9 nitrogen and oxygen atoms in total. The van der Waals surface area contributed by atoms with E-state index < -0.39 is 5.60 Å². The summed E-state index contributed by atoms with van der Waals surface area (Å²) >= 11 is 0. The van der Waals surface area contributed by atoms with Crippen LogP contribution in [0.3, 0.4) is 0 Å². The molecule has 2 rings (SSSR count). The van der Waals surface area contributed by atoms with Crippen molar-refractivity contribution < 1.29 is 23.7 Å². The van der Waals surface area contributed by atoms with Crippen molar-refractivity contribution in [3.8, 4) is 11.5 Å². The van der Waals surface area contributed by atoms with Crippen LogP contribution in [0, 0.1) is 0 Å². The molecule has 174 valence electrons. The van der Waals surface area contributed by atoms with Gasteiger partial charge in [0.05, 0.1) is 33.5 Å². The highest BCUT2D eigenvalue weighted by Crippen LogP contribution is 2.32. The molecular formula is C22H36N4O5. The summed E-state index contributed by atoms with van der Waals surface area (Å²) in [4.78, 5) is 18.6. The Morgan fingerprint density at radius 3 is 2.42 bits per heavy atom. The quantitative estimate of drug-likeness (QED) is 0.361. The molecule has 0 radical (unpaired) electrons. The van der Waals surface area contributed by atoms with E-state index in [1.165, 1.54) is 0 Å². The van der Waals surface area contributed by atoms with E-state index in [-0.39, 0.29) is 18.6 Å². The van der Waals surface area contributed by atoms with E-state index in [0.717, 1.165) is 18.7 Å². The number of aliphatic imine (C=N–C) groups is 1. The van der Waals surface area contributed by atoms with Gasteiger partial charge >= 0.3 is 5.97 Å². The van der Waals surface area contributed by atoms with E-state index in [0.29, 0.717) is 37.2 Å². The maximum atomic E-state index is 12.0. The number of benzene rings is 1. The molecule has 0 spiro atoms. The lowest BCUT2D eigenvalue weighted by Gasteiger charge is -2.35. The third kappa shape index (κ3) is 7.91. The molecule has 9 heteroatoms. The summed E-state index contributed by atoms with van der Waals surface area (Å²) < 4.78 is 21.7. The van der Waals surface area contributed by atoms with Crippen molar-refractivity contribution in [2.24, 2.45) is 4.99 Å². The predicted molar refractivity (Wildman–Crippen MR) is 120 cm³/mol. The first-order chi connectivity index (χ1) is 14.8. The Balaban J connectivity index is 2.08. The van der Waals surface area contributed by atoms with Gasteiger partial charge in [-0.05, 0) is 38.5 Å². The van der Waals surface area contributed by atoms with Gasteiger partial charge in [-0.2, -0.15) is 0 Å². The number of nitrogens with one attached hydrogen (secondary N) is 2. The van der Waals surface area contributed by atoms with Gasteiger partial charge < -0.3 is 29.6 Å². The number of esters is 1. The third-order valence-electron chi connectivity index (χ3n) is 4.79. The van der Waals surface area contributed by atoms with Gasteiger partial charge in [-0.1, -0.05) is 6.07 Å². The summed E-state index contributed by atoms with van der Waals surface area (Å²) in [5.74, 6) is 1.57. The summed E-state index contributed by atoms with van der Waals surface area (Å²) in [7, 11) is 4.93. The fourth-order valence-electron chi connectivity index (χ4n) is 3.35. The minimum absolute atomic E-state index is 0.0372. The molecule has 31 heavy (non-hydrogen) atoms. The van der Waals surface area contributed by atoms with Crippen molar-refractivity contribution in [1.82, 2.24) is 15.5 Å². The van der Waals surface area contributed by atoms with Crippen molar-refractivity contribution in [2.75, 3.05) is 60.7 Å². The van der Waals surface area contributed by atoms with Gasteiger partial charge in [0, 0.05) is 26.7 Å². The standard InChI is InChI=1S/C22H36N4O5/c1-22(2,3)31-20(27)15-25-21(23-4)24-14-17(26-9-11-30-12-10-26)16-7-8-18(28-5)19(13-16)29-6/h7-8,13,17H,9-12,14-15H2,1-6H3,(H2,23,24,25). The topological polar surface area (TPSA) is 93.7 Å². The van der Waals surface area contributed by atoms with Crippen molar-refractivity contribution in [2.45, 2.75) is 32.4 Å². The number of ether oxygens (including phenoxy) is 4. The number of hydrogen-bond acceptors (Lipinski definition) is 7. The van der Waals surface area contributed by atoms with Crippen molar-refractivity contribution >= 4 is 11.9 Å². The lowest BCUT2D eigenvalue weighted by Crippen LogP contribution is -2.47. The molecule has 1 aliphatic rings. The largest absolute Gasteiger partial charge is 0.493 e. The molecule has 0 aliphatic carbocycles. The Kier molecular flexibility index (Phi) is 9.39. The number of morpholine rings is 1. The Labute approximate surface area is 185 Å². The monoisotopic (exact) mass is 436 g/mol. The van der Waals surface area contributed by atoms with Gasteiger partial charge in [-0.15, -0.1) is 0 Å². The highest BCUT2D eigenvalue weighted by molar-refractivity contribution is 5.84. The van der Waals surface area contributed by atoms with Crippen LogP contribution >= 0.6 is 0 Å². The minimum atomic E-state index is -0.523.